The summed E-state index contributed by atoms with van der Waals surface area (Å²) >= 11 is 0. The number of aromatic nitrogens is 5. The van der Waals surface area contributed by atoms with Gasteiger partial charge in [0.1, 0.15) is 0 Å². The van der Waals surface area contributed by atoms with Crippen LogP contribution in [0.5, 0.6) is 0 Å². The van der Waals surface area contributed by atoms with Crippen molar-refractivity contribution in [3.63, 3.8) is 0 Å². The van der Waals surface area contributed by atoms with E-state index >= 15 is 0 Å². The van der Waals surface area contributed by atoms with Gasteiger partial charge < -0.3 is 0 Å². The molecule has 0 radical (unpaired) electrons. The van der Waals surface area contributed by atoms with E-state index in [4.69, 9.17) is 24.9 Å². The zero-order valence-electron chi connectivity index (χ0n) is 29.3. The zero-order valence-corrected chi connectivity index (χ0v) is 29.3. The smallest absolute Gasteiger partial charge is 0.160 e. The lowest BCUT2D eigenvalue weighted by Gasteiger charge is -2.13. The molecule has 0 saturated heterocycles. The van der Waals surface area contributed by atoms with Crippen molar-refractivity contribution in [2.45, 2.75) is 0 Å². The van der Waals surface area contributed by atoms with Gasteiger partial charge in [-0.15, -0.1) is 0 Å². The van der Waals surface area contributed by atoms with E-state index in [9.17, 15) is 0 Å². The maximum absolute atomic E-state index is 5.15. The van der Waals surface area contributed by atoms with Gasteiger partial charge in [-0.25, -0.2) is 15.0 Å². The Morgan fingerprint density at radius 3 is 1.43 bits per heavy atom. The van der Waals surface area contributed by atoms with Crippen molar-refractivity contribution in [3.05, 3.63) is 200 Å². The molecule has 0 spiro atoms. The first-order valence-corrected chi connectivity index (χ1v) is 17.9. The molecule has 0 saturated carbocycles. The maximum atomic E-state index is 5.15. The van der Waals surface area contributed by atoms with E-state index in [0.717, 1.165) is 84.2 Å². The number of hydrogen-bond acceptors (Lipinski definition) is 5. The van der Waals surface area contributed by atoms with Crippen LogP contribution < -0.4 is 0 Å². The molecule has 0 bridgehead atoms. The molecule has 4 aromatic heterocycles. The van der Waals surface area contributed by atoms with Crippen LogP contribution in [0, 0.1) is 0 Å². The fourth-order valence-corrected chi connectivity index (χ4v) is 6.66. The normalized spacial score (nSPS) is 11.0. The van der Waals surface area contributed by atoms with Crippen LogP contribution in [0.4, 0.5) is 0 Å². The molecule has 0 amide bonds. The molecule has 9 aromatic rings. The van der Waals surface area contributed by atoms with Crippen LogP contribution in [0.25, 0.3) is 90.1 Å². The van der Waals surface area contributed by atoms with E-state index in [1.54, 1.807) is 0 Å². The molecule has 9 rings (SSSR count). The predicted molar refractivity (Wildman–Crippen MR) is 219 cm³/mol. The number of hydrogen-bond donors (Lipinski definition) is 0. The highest BCUT2D eigenvalue weighted by molar-refractivity contribution is 5.83. The van der Waals surface area contributed by atoms with Crippen molar-refractivity contribution in [2.24, 2.45) is 0 Å². The minimum atomic E-state index is 0.697. The monoisotopic (exact) mass is 691 g/mol. The number of benzene rings is 5. The van der Waals surface area contributed by atoms with Crippen molar-refractivity contribution >= 4 is 0 Å². The molecule has 0 aliphatic rings. The summed E-state index contributed by atoms with van der Waals surface area (Å²) in [5.41, 5.74) is 14.3. The zero-order chi connectivity index (χ0) is 36.1. The first kappa shape index (κ1) is 32.5. The Morgan fingerprint density at radius 2 is 0.796 bits per heavy atom. The van der Waals surface area contributed by atoms with Gasteiger partial charge in [0.05, 0.1) is 34.2 Å². The van der Waals surface area contributed by atoms with Crippen LogP contribution >= 0.6 is 0 Å². The van der Waals surface area contributed by atoms with Gasteiger partial charge in [-0.2, -0.15) is 0 Å². The highest BCUT2D eigenvalue weighted by Gasteiger charge is 2.15. The Hall–Kier alpha value is -7.37. The summed E-state index contributed by atoms with van der Waals surface area (Å²) in [5.74, 6) is 0.697. The third kappa shape index (κ3) is 6.82. The second-order valence-corrected chi connectivity index (χ2v) is 13.0. The first-order valence-electron chi connectivity index (χ1n) is 17.9. The predicted octanol–water partition coefficient (Wildman–Crippen LogP) is 12.0. The SMILES string of the molecule is c1ccc(-c2cc(-c3ccc(-c4ccc(-c5cc(-c6ccccc6)nc(-c6ccccc6)n5)cc4)cn3)nc(-c3ncccc3-c3ccccc3)c2)cc1. The van der Waals surface area contributed by atoms with Crippen molar-refractivity contribution in [3.8, 4) is 90.1 Å². The highest BCUT2D eigenvalue weighted by Crippen LogP contribution is 2.35. The molecule has 5 aromatic carbocycles. The minimum absolute atomic E-state index is 0.697. The second kappa shape index (κ2) is 14.7. The quantitative estimate of drug-likeness (QED) is 0.159. The maximum Gasteiger partial charge on any atom is 0.160 e. The number of nitrogens with zero attached hydrogens (tertiary/aromatic N) is 5. The molecule has 0 unspecified atom stereocenters. The fraction of sp³-hybridized carbons (Fsp3) is 0. The van der Waals surface area contributed by atoms with Gasteiger partial charge in [0.2, 0.25) is 0 Å². The third-order valence-corrected chi connectivity index (χ3v) is 9.44. The first-order chi connectivity index (χ1) is 26.7. The summed E-state index contributed by atoms with van der Waals surface area (Å²) in [6.45, 7) is 0. The van der Waals surface area contributed by atoms with E-state index in [0.29, 0.717) is 5.82 Å². The van der Waals surface area contributed by atoms with Gasteiger partial charge in [0, 0.05) is 40.2 Å². The standard InChI is InChI=1S/C49H33N5/c1-5-14-34(15-6-1)41-30-46(52-47(31-41)48-42(22-13-29-50-48)36-16-7-2-8-17-36)43-28-27-40(33-51-43)35-23-25-38(26-24-35)45-32-44(37-18-9-3-10-19-37)53-49(54-45)39-20-11-4-12-21-39/h1-33H. The third-order valence-electron chi connectivity index (χ3n) is 9.44. The molecular formula is C49H33N5. The summed E-state index contributed by atoms with van der Waals surface area (Å²) < 4.78 is 0. The van der Waals surface area contributed by atoms with Gasteiger partial charge >= 0.3 is 0 Å². The summed E-state index contributed by atoms with van der Waals surface area (Å²) in [4.78, 5) is 24.8. The summed E-state index contributed by atoms with van der Waals surface area (Å²) in [6.07, 6.45) is 3.74. The molecule has 54 heavy (non-hydrogen) atoms. The van der Waals surface area contributed by atoms with Gasteiger partial charge in [0.15, 0.2) is 5.82 Å². The lowest BCUT2D eigenvalue weighted by molar-refractivity contribution is 1.18. The molecule has 254 valence electrons. The lowest BCUT2D eigenvalue weighted by Crippen LogP contribution is -1.96. The van der Waals surface area contributed by atoms with E-state index in [-0.39, 0.29) is 0 Å². The van der Waals surface area contributed by atoms with Crippen LogP contribution in [0.2, 0.25) is 0 Å². The van der Waals surface area contributed by atoms with Crippen molar-refractivity contribution in [1.82, 2.24) is 24.9 Å². The lowest BCUT2D eigenvalue weighted by atomic mass is 9.98. The average molecular weight is 692 g/mol. The molecule has 4 heterocycles. The second-order valence-electron chi connectivity index (χ2n) is 13.0. The molecule has 5 heteroatoms. The van der Waals surface area contributed by atoms with Crippen LogP contribution in [-0.2, 0) is 0 Å². The molecule has 0 aliphatic heterocycles. The molecule has 0 atom stereocenters. The number of pyridine rings is 3. The highest BCUT2D eigenvalue weighted by atomic mass is 14.9. The van der Waals surface area contributed by atoms with Crippen LogP contribution in [0.3, 0.4) is 0 Å². The molecule has 0 N–H and O–H groups in total. The minimum Gasteiger partial charge on any atom is -0.254 e. The Balaban J connectivity index is 1.05. The van der Waals surface area contributed by atoms with Crippen molar-refractivity contribution < 1.29 is 0 Å². The Labute approximate surface area is 314 Å². The van der Waals surface area contributed by atoms with Gasteiger partial charge in [0.25, 0.3) is 0 Å². The van der Waals surface area contributed by atoms with Gasteiger partial charge in [-0.05, 0) is 52.6 Å². The van der Waals surface area contributed by atoms with Gasteiger partial charge in [-0.3, -0.25) is 9.97 Å². The van der Waals surface area contributed by atoms with Gasteiger partial charge in [-0.1, -0.05) is 158 Å². The van der Waals surface area contributed by atoms with E-state index in [1.807, 2.05) is 97.3 Å². The van der Waals surface area contributed by atoms with E-state index in [1.165, 1.54) is 0 Å². The number of rotatable bonds is 8. The van der Waals surface area contributed by atoms with Crippen LogP contribution in [0.1, 0.15) is 0 Å². The largest absolute Gasteiger partial charge is 0.254 e. The van der Waals surface area contributed by atoms with Crippen molar-refractivity contribution in [1.29, 1.82) is 0 Å². The topological polar surface area (TPSA) is 64.5 Å². The molecular weight excluding hydrogens is 659 g/mol. The summed E-state index contributed by atoms with van der Waals surface area (Å²) in [7, 11) is 0. The average Bonchev–Trinajstić information content (AvgIpc) is 3.27. The van der Waals surface area contributed by atoms with Crippen molar-refractivity contribution in [2.75, 3.05) is 0 Å². The molecule has 0 fully saturated rings. The summed E-state index contributed by atoms with van der Waals surface area (Å²) in [6, 6.07) is 64.0. The van der Waals surface area contributed by atoms with Crippen LogP contribution in [0.15, 0.2) is 200 Å². The Bertz CT molecular complexity index is 2610. The Morgan fingerprint density at radius 1 is 0.278 bits per heavy atom. The Kier molecular flexibility index (Phi) is 8.86. The van der Waals surface area contributed by atoms with E-state index in [2.05, 4.69) is 103 Å². The van der Waals surface area contributed by atoms with E-state index < -0.39 is 0 Å². The summed E-state index contributed by atoms with van der Waals surface area (Å²) in [5, 5.41) is 0. The van der Waals surface area contributed by atoms with Crippen LogP contribution in [-0.4, -0.2) is 24.9 Å². The molecule has 0 aliphatic carbocycles. The molecule has 5 nitrogen and oxygen atoms in total. The fourth-order valence-electron chi connectivity index (χ4n) is 6.66.